The molecule has 14 heavy (non-hydrogen) atoms. The van der Waals surface area contributed by atoms with E-state index in [1.165, 1.54) is 0 Å². The lowest BCUT2D eigenvalue weighted by molar-refractivity contribution is 0.408. The van der Waals surface area contributed by atoms with Gasteiger partial charge in [0, 0.05) is 18.2 Å². The average Bonchev–Trinajstić information content (AvgIpc) is 2.20. The van der Waals surface area contributed by atoms with Crippen LogP contribution in [0.1, 0.15) is 17.2 Å². The highest BCUT2D eigenvalue weighted by molar-refractivity contribution is 5.47. The molecule has 0 spiro atoms. The number of phenols is 1. The Morgan fingerprint density at radius 2 is 2.14 bits per heavy atom. The Morgan fingerprint density at radius 1 is 1.50 bits per heavy atom. The molecule has 0 bridgehead atoms. The van der Waals surface area contributed by atoms with Crippen LogP contribution in [0.2, 0.25) is 0 Å². The van der Waals surface area contributed by atoms with Gasteiger partial charge in [0.1, 0.15) is 11.5 Å². The topological polar surface area (TPSA) is 81.5 Å². The molecule has 0 aliphatic carbocycles. The second-order valence-electron chi connectivity index (χ2n) is 3.22. The highest BCUT2D eigenvalue weighted by Gasteiger charge is 2.12. The Kier molecular flexibility index (Phi) is 3.33. The number of methoxy groups -OCH3 is 1. The van der Waals surface area contributed by atoms with Gasteiger partial charge in [-0.1, -0.05) is 0 Å². The maximum atomic E-state index is 9.73. The lowest BCUT2D eigenvalue weighted by atomic mass is 10.0. The third kappa shape index (κ3) is 1.97. The fourth-order valence-corrected chi connectivity index (χ4v) is 1.30. The van der Waals surface area contributed by atoms with Gasteiger partial charge in [0.05, 0.1) is 7.11 Å². The fourth-order valence-electron chi connectivity index (χ4n) is 1.30. The highest BCUT2D eigenvalue weighted by atomic mass is 16.5. The zero-order valence-electron chi connectivity index (χ0n) is 8.45. The molecule has 0 aromatic heterocycles. The first kappa shape index (κ1) is 10.8. The van der Waals surface area contributed by atoms with E-state index in [0.717, 1.165) is 5.56 Å². The predicted molar refractivity (Wildman–Crippen MR) is 55.4 cm³/mol. The number of aromatic hydroxyl groups is 1. The van der Waals surface area contributed by atoms with Gasteiger partial charge in [-0.15, -0.1) is 0 Å². The van der Waals surface area contributed by atoms with Crippen molar-refractivity contribution in [2.75, 3.05) is 13.7 Å². The zero-order chi connectivity index (χ0) is 10.7. The van der Waals surface area contributed by atoms with E-state index < -0.39 is 0 Å². The molecule has 0 unspecified atom stereocenters. The monoisotopic (exact) mass is 196 g/mol. The van der Waals surface area contributed by atoms with Gasteiger partial charge < -0.3 is 21.3 Å². The van der Waals surface area contributed by atoms with Crippen LogP contribution < -0.4 is 16.2 Å². The summed E-state index contributed by atoms with van der Waals surface area (Å²) in [4.78, 5) is 0. The first-order chi connectivity index (χ1) is 6.60. The lowest BCUT2D eigenvalue weighted by Crippen LogP contribution is -2.21. The van der Waals surface area contributed by atoms with Crippen molar-refractivity contribution in [1.82, 2.24) is 0 Å². The van der Waals surface area contributed by atoms with Crippen molar-refractivity contribution in [3.8, 4) is 11.5 Å². The molecule has 1 atom stereocenters. The number of rotatable bonds is 3. The van der Waals surface area contributed by atoms with Gasteiger partial charge in [0.25, 0.3) is 0 Å². The molecular formula is C10H16N2O2. The maximum absolute atomic E-state index is 9.73. The number of aryl methyl sites for hydroxylation is 1. The van der Waals surface area contributed by atoms with E-state index in [4.69, 9.17) is 16.2 Å². The molecule has 0 heterocycles. The number of hydrogen-bond donors (Lipinski definition) is 3. The summed E-state index contributed by atoms with van der Waals surface area (Å²) in [5.41, 5.74) is 12.6. The summed E-state index contributed by atoms with van der Waals surface area (Å²) in [5, 5.41) is 9.73. The van der Waals surface area contributed by atoms with Crippen LogP contribution in [0, 0.1) is 6.92 Å². The Bertz CT molecular complexity index is 326. The first-order valence-corrected chi connectivity index (χ1v) is 4.43. The normalized spacial score (nSPS) is 12.6. The molecule has 0 aliphatic heterocycles. The van der Waals surface area contributed by atoms with Crippen LogP contribution in [0.4, 0.5) is 0 Å². The van der Waals surface area contributed by atoms with Crippen LogP contribution in [0.3, 0.4) is 0 Å². The van der Waals surface area contributed by atoms with Crippen molar-refractivity contribution in [3.63, 3.8) is 0 Å². The van der Waals surface area contributed by atoms with Crippen molar-refractivity contribution in [3.05, 3.63) is 23.3 Å². The number of ether oxygens (including phenoxy) is 1. The summed E-state index contributed by atoms with van der Waals surface area (Å²) in [6.45, 7) is 2.09. The molecule has 0 amide bonds. The van der Waals surface area contributed by atoms with Gasteiger partial charge in [-0.3, -0.25) is 0 Å². The third-order valence-electron chi connectivity index (χ3n) is 2.19. The van der Waals surface area contributed by atoms with Crippen LogP contribution in [0.15, 0.2) is 12.1 Å². The van der Waals surface area contributed by atoms with Gasteiger partial charge >= 0.3 is 0 Å². The van der Waals surface area contributed by atoms with E-state index >= 15 is 0 Å². The minimum absolute atomic E-state index is 0.198. The van der Waals surface area contributed by atoms with Crippen molar-refractivity contribution < 1.29 is 9.84 Å². The fraction of sp³-hybridized carbons (Fsp3) is 0.400. The van der Waals surface area contributed by atoms with E-state index in [2.05, 4.69) is 0 Å². The number of hydrogen-bond acceptors (Lipinski definition) is 4. The molecule has 0 saturated heterocycles. The van der Waals surface area contributed by atoms with Crippen LogP contribution in [0.5, 0.6) is 11.5 Å². The Morgan fingerprint density at radius 3 is 2.64 bits per heavy atom. The smallest absolute Gasteiger partial charge is 0.123 e. The number of benzene rings is 1. The second-order valence-corrected chi connectivity index (χ2v) is 3.22. The largest absolute Gasteiger partial charge is 0.507 e. The zero-order valence-corrected chi connectivity index (χ0v) is 8.45. The Balaban J connectivity index is 3.20. The van der Waals surface area contributed by atoms with Crippen LogP contribution >= 0.6 is 0 Å². The minimum atomic E-state index is -0.358. The van der Waals surface area contributed by atoms with Crippen LogP contribution in [-0.2, 0) is 0 Å². The van der Waals surface area contributed by atoms with Gasteiger partial charge in [-0.25, -0.2) is 0 Å². The summed E-state index contributed by atoms with van der Waals surface area (Å²) in [5.74, 6) is 0.878. The van der Waals surface area contributed by atoms with Crippen LogP contribution in [0.25, 0.3) is 0 Å². The molecule has 1 aromatic carbocycles. The van der Waals surface area contributed by atoms with Crippen LogP contribution in [-0.4, -0.2) is 18.8 Å². The van der Waals surface area contributed by atoms with E-state index in [1.54, 1.807) is 26.2 Å². The summed E-state index contributed by atoms with van der Waals surface area (Å²) >= 11 is 0. The number of nitrogens with two attached hydrogens (primary N) is 2. The molecule has 1 rings (SSSR count). The van der Waals surface area contributed by atoms with Gasteiger partial charge in [-0.2, -0.15) is 0 Å². The average molecular weight is 196 g/mol. The predicted octanol–water partition coefficient (Wildman–Crippen LogP) is 0.668. The van der Waals surface area contributed by atoms with Crippen molar-refractivity contribution in [2.24, 2.45) is 11.5 Å². The summed E-state index contributed by atoms with van der Waals surface area (Å²) in [6.07, 6.45) is 0. The van der Waals surface area contributed by atoms with Crippen molar-refractivity contribution >= 4 is 0 Å². The second kappa shape index (κ2) is 4.30. The number of phenolic OH excluding ortho intramolecular Hbond substituents is 1. The van der Waals surface area contributed by atoms with Crippen molar-refractivity contribution in [2.45, 2.75) is 13.0 Å². The molecule has 78 valence electrons. The van der Waals surface area contributed by atoms with Gasteiger partial charge in [0.15, 0.2) is 0 Å². The maximum Gasteiger partial charge on any atom is 0.123 e. The summed E-state index contributed by atoms with van der Waals surface area (Å²) in [6, 6.07) is 3.10. The molecule has 4 nitrogen and oxygen atoms in total. The van der Waals surface area contributed by atoms with Gasteiger partial charge in [-0.05, 0) is 24.6 Å². The summed E-state index contributed by atoms with van der Waals surface area (Å²) < 4.78 is 5.08. The molecule has 4 heteroatoms. The van der Waals surface area contributed by atoms with E-state index in [0.29, 0.717) is 17.9 Å². The highest BCUT2D eigenvalue weighted by Crippen LogP contribution is 2.30. The summed E-state index contributed by atoms with van der Waals surface area (Å²) in [7, 11) is 1.57. The lowest BCUT2D eigenvalue weighted by Gasteiger charge is -2.14. The van der Waals surface area contributed by atoms with E-state index in [1.807, 2.05) is 0 Å². The molecule has 1 aromatic rings. The molecule has 0 fully saturated rings. The standard InChI is InChI=1S/C10H16N2O2/c1-6-3-7(14-2)4-8(10(6)13)9(12)5-11/h3-4,9,13H,5,11-12H2,1-2H3/t9-/m1/s1. The quantitative estimate of drug-likeness (QED) is 0.663. The third-order valence-corrected chi connectivity index (χ3v) is 2.19. The van der Waals surface area contributed by atoms with E-state index in [9.17, 15) is 5.11 Å². The molecule has 5 N–H and O–H groups in total. The minimum Gasteiger partial charge on any atom is -0.507 e. The molecule has 0 radical (unpaired) electrons. The molecule has 0 saturated carbocycles. The molecular weight excluding hydrogens is 180 g/mol. The van der Waals surface area contributed by atoms with Crippen molar-refractivity contribution in [1.29, 1.82) is 0 Å². The Labute approximate surface area is 83.5 Å². The SMILES string of the molecule is COc1cc(C)c(O)c([C@H](N)CN)c1. The van der Waals surface area contributed by atoms with Gasteiger partial charge in [0.2, 0.25) is 0 Å². The molecule has 0 aliphatic rings. The van der Waals surface area contributed by atoms with E-state index in [-0.39, 0.29) is 11.8 Å². The Hall–Kier alpha value is -1.26. The first-order valence-electron chi connectivity index (χ1n) is 4.43.